The predicted molar refractivity (Wildman–Crippen MR) is 101 cm³/mol. The molecular weight excluding hydrogens is 348 g/mol. The average molecular weight is 380 g/mol. The Labute approximate surface area is 161 Å². The average Bonchev–Trinajstić information content (AvgIpc) is 3.12. The number of aromatic nitrogens is 2. The van der Waals surface area contributed by atoms with E-state index >= 15 is 0 Å². The lowest BCUT2D eigenvalue weighted by molar-refractivity contribution is -0.147. The number of esters is 2. The predicted octanol–water partition coefficient (Wildman–Crippen LogP) is 1.87. The van der Waals surface area contributed by atoms with Crippen molar-refractivity contribution < 1.29 is 19.1 Å². The number of hydrogen-bond donors (Lipinski definition) is 1. The molecule has 1 aliphatic rings. The molecule has 0 amide bonds. The third kappa shape index (κ3) is 4.87. The summed E-state index contributed by atoms with van der Waals surface area (Å²) in [6.45, 7) is 8.03. The van der Waals surface area contributed by atoms with E-state index < -0.39 is 5.97 Å². The molecule has 0 bridgehead atoms. The molecule has 8 heteroatoms. The molecule has 1 aliphatic heterocycles. The van der Waals surface area contributed by atoms with Crippen molar-refractivity contribution in [2.75, 3.05) is 14.2 Å². The Kier molecular flexibility index (Phi) is 7.00. The van der Waals surface area contributed by atoms with Crippen molar-refractivity contribution in [3.05, 3.63) is 17.5 Å². The van der Waals surface area contributed by atoms with E-state index in [1.165, 1.54) is 7.11 Å². The fourth-order valence-electron chi connectivity index (χ4n) is 3.69. The Morgan fingerprint density at radius 2 is 1.96 bits per heavy atom. The van der Waals surface area contributed by atoms with Gasteiger partial charge in [0, 0.05) is 31.7 Å². The number of likely N-dealkylation sites (N-methyl/N-ethyl adjacent to an activating group) is 1. The molecule has 2 heterocycles. The van der Waals surface area contributed by atoms with Crippen LogP contribution in [0.4, 0.5) is 0 Å². The highest BCUT2D eigenvalue weighted by Gasteiger charge is 2.41. The molecule has 152 valence electrons. The molecule has 0 aliphatic carbocycles. The van der Waals surface area contributed by atoms with Crippen LogP contribution in [0.25, 0.3) is 0 Å². The number of nitrogens with zero attached hydrogens (tertiary/aromatic N) is 3. The first kappa shape index (κ1) is 21.4. The van der Waals surface area contributed by atoms with E-state index in [9.17, 15) is 9.59 Å². The van der Waals surface area contributed by atoms with Crippen LogP contribution in [-0.2, 0) is 21.3 Å². The van der Waals surface area contributed by atoms with Crippen molar-refractivity contribution in [1.82, 2.24) is 20.2 Å². The maximum atomic E-state index is 12.4. The van der Waals surface area contributed by atoms with Crippen molar-refractivity contribution >= 4 is 11.9 Å². The van der Waals surface area contributed by atoms with E-state index in [4.69, 9.17) is 9.47 Å². The number of hydrazine groups is 1. The molecule has 8 nitrogen and oxygen atoms in total. The summed E-state index contributed by atoms with van der Waals surface area (Å²) in [6.07, 6.45) is 1.24. The van der Waals surface area contributed by atoms with Gasteiger partial charge in [-0.2, -0.15) is 5.10 Å². The summed E-state index contributed by atoms with van der Waals surface area (Å²) < 4.78 is 12.2. The maximum absolute atomic E-state index is 12.4. The number of carbonyl (C=O) groups is 2. The van der Waals surface area contributed by atoms with Gasteiger partial charge in [-0.05, 0) is 31.7 Å². The van der Waals surface area contributed by atoms with Crippen molar-refractivity contribution in [2.24, 2.45) is 13.0 Å². The summed E-state index contributed by atoms with van der Waals surface area (Å²) in [7, 11) is 5.08. The zero-order valence-corrected chi connectivity index (χ0v) is 17.4. The third-order valence-electron chi connectivity index (χ3n) is 5.27. The van der Waals surface area contributed by atoms with Gasteiger partial charge in [-0.15, -0.1) is 0 Å². The van der Waals surface area contributed by atoms with Crippen molar-refractivity contribution in [1.29, 1.82) is 0 Å². The molecule has 4 atom stereocenters. The summed E-state index contributed by atoms with van der Waals surface area (Å²) in [5.41, 5.74) is 4.64. The van der Waals surface area contributed by atoms with Gasteiger partial charge in [0.2, 0.25) is 0 Å². The molecule has 1 fully saturated rings. The number of nitrogens with one attached hydrogen (secondary N) is 1. The van der Waals surface area contributed by atoms with E-state index in [2.05, 4.69) is 24.4 Å². The van der Waals surface area contributed by atoms with Crippen molar-refractivity contribution in [3.63, 3.8) is 0 Å². The van der Waals surface area contributed by atoms with Gasteiger partial charge in [0.25, 0.3) is 0 Å². The molecule has 1 saturated heterocycles. The monoisotopic (exact) mass is 380 g/mol. The van der Waals surface area contributed by atoms with Crippen LogP contribution in [-0.4, -0.2) is 59.1 Å². The highest BCUT2D eigenvalue weighted by Crippen LogP contribution is 2.25. The molecule has 27 heavy (non-hydrogen) atoms. The van der Waals surface area contributed by atoms with Gasteiger partial charge in [0.05, 0.1) is 13.2 Å². The van der Waals surface area contributed by atoms with E-state index in [0.29, 0.717) is 12.1 Å². The number of rotatable bonds is 7. The lowest BCUT2D eigenvalue weighted by Gasteiger charge is -2.19. The van der Waals surface area contributed by atoms with Gasteiger partial charge in [-0.25, -0.2) is 9.80 Å². The molecule has 0 aromatic carbocycles. The number of methoxy groups -OCH3 is 1. The molecule has 4 unspecified atom stereocenters. The SMILES string of the molecule is COC(=O)C1C(C)C(CCC(C)OC(=O)c2cc(C(C)C)n(C)n2)NN1C. The quantitative estimate of drug-likeness (QED) is 0.723. The Morgan fingerprint density at radius 3 is 2.52 bits per heavy atom. The van der Waals surface area contributed by atoms with Crippen LogP contribution >= 0.6 is 0 Å². The fraction of sp³-hybridized carbons (Fsp3) is 0.737. The molecule has 2 rings (SSSR count). The summed E-state index contributed by atoms with van der Waals surface area (Å²) in [5.74, 6) is -0.247. The van der Waals surface area contributed by atoms with Gasteiger partial charge >= 0.3 is 11.9 Å². The molecule has 0 saturated carbocycles. The largest absolute Gasteiger partial charge is 0.468 e. The van der Waals surface area contributed by atoms with Crippen LogP contribution < -0.4 is 5.43 Å². The van der Waals surface area contributed by atoms with E-state index in [0.717, 1.165) is 12.1 Å². The van der Waals surface area contributed by atoms with E-state index in [1.807, 2.05) is 27.9 Å². The van der Waals surface area contributed by atoms with Crippen LogP contribution in [0.5, 0.6) is 0 Å². The molecule has 1 aromatic rings. The lowest BCUT2D eigenvalue weighted by atomic mass is 9.92. The summed E-state index contributed by atoms with van der Waals surface area (Å²) >= 11 is 0. The second-order valence-electron chi connectivity index (χ2n) is 7.70. The first-order chi connectivity index (χ1) is 12.6. The Morgan fingerprint density at radius 1 is 1.30 bits per heavy atom. The fourth-order valence-corrected chi connectivity index (χ4v) is 3.69. The summed E-state index contributed by atoms with van der Waals surface area (Å²) in [4.78, 5) is 24.3. The summed E-state index contributed by atoms with van der Waals surface area (Å²) in [6, 6.07) is 1.61. The summed E-state index contributed by atoms with van der Waals surface area (Å²) in [5, 5.41) is 6.06. The zero-order valence-electron chi connectivity index (χ0n) is 17.4. The van der Waals surface area contributed by atoms with Crippen LogP contribution in [0.1, 0.15) is 62.6 Å². The van der Waals surface area contributed by atoms with Crippen LogP contribution in [0.2, 0.25) is 0 Å². The number of carbonyl (C=O) groups excluding carboxylic acids is 2. The third-order valence-corrected chi connectivity index (χ3v) is 5.27. The minimum atomic E-state index is -0.401. The molecule has 0 spiro atoms. The van der Waals surface area contributed by atoms with Crippen LogP contribution in [0.3, 0.4) is 0 Å². The topological polar surface area (TPSA) is 85.7 Å². The normalized spacial score (nSPS) is 24.2. The maximum Gasteiger partial charge on any atom is 0.359 e. The van der Waals surface area contributed by atoms with Crippen molar-refractivity contribution in [3.8, 4) is 0 Å². The molecular formula is C19H32N4O4. The standard InChI is InChI=1S/C19H32N4O4/c1-11(2)16-10-15(21-22(16)5)18(24)27-12(3)8-9-14-13(4)17(19(25)26-7)23(6)20-14/h10-14,17,20H,8-9H2,1-7H3. The number of ether oxygens (including phenoxy) is 2. The Balaban J connectivity index is 1.87. The molecule has 1 N–H and O–H groups in total. The minimum absolute atomic E-state index is 0.106. The van der Waals surface area contributed by atoms with Gasteiger partial charge in [0.15, 0.2) is 5.69 Å². The first-order valence-electron chi connectivity index (χ1n) is 9.47. The van der Waals surface area contributed by atoms with E-state index in [-0.39, 0.29) is 36.0 Å². The molecule has 0 radical (unpaired) electrons. The minimum Gasteiger partial charge on any atom is -0.468 e. The number of aryl methyl sites for hydroxylation is 1. The van der Waals surface area contributed by atoms with Gasteiger partial charge in [-0.1, -0.05) is 20.8 Å². The molecule has 1 aromatic heterocycles. The van der Waals surface area contributed by atoms with Gasteiger partial charge < -0.3 is 9.47 Å². The van der Waals surface area contributed by atoms with Crippen molar-refractivity contribution in [2.45, 2.75) is 64.6 Å². The first-order valence-corrected chi connectivity index (χ1v) is 9.47. The Hall–Kier alpha value is -1.93. The van der Waals surface area contributed by atoms with Crippen LogP contribution in [0, 0.1) is 5.92 Å². The highest BCUT2D eigenvalue weighted by molar-refractivity contribution is 5.87. The smallest absolute Gasteiger partial charge is 0.359 e. The second kappa shape index (κ2) is 8.84. The highest BCUT2D eigenvalue weighted by atomic mass is 16.5. The number of hydrogen-bond acceptors (Lipinski definition) is 7. The second-order valence-corrected chi connectivity index (χ2v) is 7.70. The van der Waals surface area contributed by atoms with Crippen LogP contribution in [0.15, 0.2) is 6.07 Å². The van der Waals surface area contributed by atoms with Gasteiger partial charge in [0.1, 0.15) is 6.04 Å². The van der Waals surface area contributed by atoms with E-state index in [1.54, 1.807) is 15.8 Å². The zero-order chi connectivity index (χ0) is 20.3. The van der Waals surface area contributed by atoms with Gasteiger partial charge in [-0.3, -0.25) is 14.9 Å². The lowest BCUT2D eigenvalue weighted by Crippen LogP contribution is -2.40. The Bertz CT molecular complexity index is 673.